The molecule has 1 saturated carbocycles. The average molecular weight is 647 g/mol. The first-order valence-electron chi connectivity index (χ1n) is 16.4. The number of hydrogen-bond acceptors (Lipinski definition) is 8. The van der Waals surface area contributed by atoms with Gasteiger partial charge in [-0.3, -0.25) is 0 Å². The molecule has 7 rings (SSSR count). The minimum absolute atomic E-state index is 0.201. The third kappa shape index (κ3) is 5.49. The average Bonchev–Trinajstić information content (AvgIpc) is 3.21. The minimum atomic E-state index is -3.39. The Hall–Kier alpha value is -3.76. The van der Waals surface area contributed by atoms with Gasteiger partial charge in [-0.1, -0.05) is 25.3 Å². The van der Waals surface area contributed by atoms with Crippen molar-refractivity contribution in [1.82, 2.24) is 0 Å². The van der Waals surface area contributed by atoms with E-state index in [0.29, 0.717) is 43.6 Å². The van der Waals surface area contributed by atoms with Crippen molar-refractivity contribution in [3.8, 4) is 11.5 Å². The lowest BCUT2D eigenvalue weighted by Crippen LogP contribution is -2.46. The van der Waals surface area contributed by atoms with Gasteiger partial charge in [0, 0.05) is 53.8 Å². The molecule has 1 saturated heterocycles. The van der Waals surface area contributed by atoms with Crippen LogP contribution in [0.4, 0.5) is 11.4 Å². The standard InChI is InChI=1S/C36H42N2O7S/c1-36-30-12-9-27(45-23-26-20-28(46(2,41)42)10-13-31(26)37-14-17-43-18-15-37)22-33(30)44-19-16-38(36)32-21-25(35(39)40)8-11-29(32)34(36)24-6-4-3-5-7-24/h8-13,20-22,24,34H,3-7,14-19,23H2,1-2H3,(H,39,40). The molecule has 3 aromatic carbocycles. The van der Waals surface area contributed by atoms with E-state index in [9.17, 15) is 18.3 Å². The van der Waals surface area contributed by atoms with Gasteiger partial charge in [0.15, 0.2) is 9.84 Å². The number of ether oxygens (including phenoxy) is 3. The van der Waals surface area contributed by atoms with Gasteiger partial charge in [-0.05, 0) is 73.7 Å². The number of rotatable bonds is 7. The Balaban J connectivity index is 1.23. The van der Waals surface area contributed by atoms with E-state index in [1.165, 1.54) is 31.1 Å². The van der Waals surface area contributed by atoms with E-state index in [4.69, 9.17) is 14.2 Å². The van der Waals surface area contributed by atoms with E-state index < -0.39 is 21.3 Å². The van der Waals surface area contributed by atoms with Crippen molar-refractivity contribution in [2.24, 2.45) is 5.92 Å². The van der Waals surface area contributed by atoms with Crippen molar-refractivity contribution < 1.29 is 32.5 Å². The molecule has 2 unspecified atom stereocenters. The lowest BCUT2D eigenvalue weighted by atomic mass is 9.67. The number of carboxylic acid groups (broad SMARTS) is 1. The molecule has 3 heterocycles. The number of hydrogen-bond donors (Lipinski definition) is 1. The number of carboxylic acids is 1. The molecule has 4 aliphatic rings. The van der Waals surface area contributed by atoms with Crippen molar-refractivity contribution in [1.29, 1.82) is 0 Å². The third-order valence-electron chi connectivity index (χ3n) is 10.5. The highest BCUT2D eigenvalue weighted by Crippen LogP contribution is 2.60. The van der Waals surface area contributed by atoms with E-state index in [2.05, 4.69) is 22.8 Å². The Morgan fingerprint density at radius 1 is 0.957 bits per heavy atom. The third-order valence-corrected chi connectivity index (χ3v) is 11.6. The molecule has 0 amide bonds. The molecule has 2 atom stereocenters. The number of sulfone groups is 1. The monoisotopic (exact) mass is 646 g/mol. The zero-order valence-electron chi connectivity index (χ0n) is 26.5. The summed E-state index contributed by atoms with van der Waals surface area (Å²) in [5.74, 6) is 1.19. The van der Waals surface area contributed by atoms with E-state index in [1.807, 2.05) is 30.3 Å². The van der Waals surface area contributed by atoms with Gasteiger partial charge in [0.2, 0.25) is 0 Å². The van der Waals surface area contributed by atoms with Crippen molar-refractivity contribution in [2.45, 2.75) is 62.0 Å². The summed E-state index contributed by atoms with van der Waals surface area (Å²) < 4.78 is 43.2. The minimum Gasteiger partial charge on any atom is -0.491 e. The smallest absolute Gasteiger partial charge is 0.335 e. The van der Waals surface area contributed by atoms with Crippen molar-refractivity contribution in [3.05, 3.63) is 76.9 Å². The Bertz CT molecular complexity index is 1750. The van der Waals surface area contributed by atoms with Crippen LogP contribution in [-0.2, 0) is 26.7 Å². The fourth-order valence-electron chi connectivity index (χ4n) is 8.30. The SMILES string of the molecule is CC12c3ccc(OCc4cc(S(C)(=O)=O)ccc4N4CCOCC4)cc3OCCN1c1cc(C(=O)O)ccc1C2C1CCCCC1. The second kappa shape index (κ2) is 12.1. The van der Waals surface area contributed by atoms with Crippen molar-refractivity contribution >= 4 is 27.2 Å². The van der Waals surface area contributed by atoms with Gasteiger partial charge in [0.1, 0.15) is 24.7 Å². The molecule has 0 spiro atoms. The van der Waals surface area contributed by atoms with E-state index in [1.54, 1.807) is 18.2 Å². The molecule has 2 fully saturated rings. The maximum absolute atomic E-state index is 12.4. The highest BCUT2D eigenvalue weighted by molar-refractivity contribution is 7.90. The molecule has 244 valence electrons. The van der Waals surface area contributed by atoms with Crippen LogP contribution < -0.4 is 19.3 Å². The number of fused-ring (bicyclic) bond motifs is 5. The molecule has 0 radical (unpaired) electrons. The number of morpholine rings is 1. The molecule has 10 heteroatoms. The van der Waals surface area contributed by atoms with E-state index in [0.717, 1.165) is 54.2 Å². The summed E-state index contributed by atoms with van der Waals surface area (Å²) in [5.41, 5.74) is 4.94. The quantitative estimate of drug-likeness (QED) is 0.331. The van der Waals surface area contributed by atoms with Gasteiger partial charge in [-0.2, -0.15) is 0 Å². The maximum atomic E-state index is 12.4. The molecule has 1 aliphatic carbocycles. The van der Waals surface area contributed by atoms with E-state index in [-0.39, 0.29) is 17.4 Å². The summed E-state index contributed by atoms with van der Waals surface area (Å²) >= 11 is 0. The fraction of sp³-hybridized carbons (Fsp3) is 0.472. The summed E-state index contributed by atoms with van der Waals surface area (Å²) in [6.45, 7) is 6.29. The lowest BCUT2D eigenvalue weighted by Gasteiger charge is -2.44. The second-order valence-electron chi connectivity index (χ2n) is 13.2. The summed E-state index contributed by atoms with van der Waals surface area (Å²) in [6.07, 6.45) is 7.22. The lowest BCUT2D eigenvalue weighted by molar-refractivity contribution is 0.0697. The van der Waals surface area contributed by atoms with Gasteiger partial charge < -0.3 is 29.1 Å². The molecule has 9 nitrogen and oxygen atoms in total. The Morgan fingerprint density at radius 3 is 2.48 bits per heavy atom. The normalized spacial score (nSPS) is 23.1. The summed E-state index contributed by atoms with van der Waals surface area (Å²) in [4.78, 5) is 16.8. The highest BCUT2D eigenvalue weighted by Gasteiger charge is 2.54. The van der Waals surface area contributed by atoms with Crippen LogP contribution >= 0.6 is 0 Å². The Labute approximate surface area is 271 Å². The predicted octanol–water partition coefficient (Wildman–Crippen LogP) is 6.00. The number of carbonyl (C=O) groups is 1. The topological polar surface area (TPSA) is 106 Å². The summed E-state index contributed by atoms with van der Waals surface area (Å²) in [6, 6.07) is 16.9. The van der Waals surface area contributed by atoms with Crippen molar-refractivity contribution in [3.63, 3.8) is 0 Å². The van der Waals surface area contributed by atoms with Crippen LogP contribution in [0.25, 0.3) is 0 Å². The molecule has 46 heavy (non-hydrogen) atoms. The van der Waals surface area contributed by atoms with Gasteiger partial charge in [-0.25, -0.2) is 13.2 Å². The van der Waals surface area contributed by atoms with Crippen LogP contribution in [0.2, 0.25) is 0 Å². The van der Waals surface area contributed by atoms with Crippen LogP contribution in [0.15, 0.2) is 59.5 Å². The first kappa shape index (κ1) is 30.9. The second-order valence-corrected chi connectivity index (χ2v) is 15.2. The number of anilines is 2. The number of aromatic carboxylic acids is 1. The van der Waals surface area contributed by atoms with Crippen LogP contribution in [0.5, 0.6) is 11.5 Å². The maximum Gasteiger partial charge on any atom is 0.335 e. The van der Waals surface area contributed by atoms with Crippen LogP contribution in [-0.4, -0.2) is 65.2 Å². The largest absolute Gasteiger partial charge is 0.491 e. The molecular weight excluding hydrogens is 604 g/mol. The summed E-state index contributed by atoms with van der Waals surface area (Å²) in [7, 11) is -3.39. The van der Waals surface area contributed by atoms with Crippen LogP contribution in [0.3, 0.4) is 0 Å². The van der Waals surface area contributed by atoms with Gasteiger partial charge in [0.25, 0.3) is 0 Å². The van der Waals surface area contributed by atoms with E-state index >= 15 is 0 Å². The zero-order valence-corrected chi connectivity index (χ0v) is 27.4. The van der Waals surface area contributed by atoms with Crippen LogP contribution in [0, 0.1) is 5.92 Å². The zero-order chi connectivity index (χ0) is 32.1. The summed E-state index contributed by atoms with van der Waals surface area (Å²) in [5, 5.41) is 9.82. The predicted molar refractivity (Wildman–Crippen MR) is 176 cm³/mol. The first-order valence-corrected chi connectivity index (χ1v) is 18.2. The van der Waals surface area contributed by atoms with Gasteiger partial charge >= 0.3 is 5.97 Å². The molecule has 0 aromatic heterocycles. The van der Waals surface area contributed by atoms with Crippen LogP contribution in [0.1, 0.15) is 72.0 Å². The molecule has 3 aromatic rings. The molecule has 1 N–H and O–H groups in total. The number of nitrogens with zero attached hydrogens (tertiary/aromatic N) is 2. The van der Waals surface area contributed by atoms with Gasteiger partial charge in [0.05, 0.1) is 35.8 Å². The van der Waals surface area contributed by atoms with Crippen molar-refractivity contribution in [2.75, 3.05) is 55.5 Å². The highest BCUT2D eigenvalue weighted by atomic mass is 32.2. The fourth-order valence-corrected chi connectivity index (χ4v) is 8.97. The Morgan fingerprint density at radius 2 is 1.74 bits per heavy atom. The molecular formula is C36H42N2O7S. The number of benzene rings is 3. The molecule has 0 bridgehead atoms. The Kier molecular flexibility index (Phi) is 8.13. The first-order chi connectivity index (χ1) is 22.1. The van der Waals surface area contributed by atoms with Gasteiger partial charge in [-0.15, -0.1) is 0 Å². The molecule has 3 aliphatic heterocycles.